The van der Waals surface area contributed by atoms with Crippen molar-refractivity contribution in [3.8, 4) is 0 Å². The highest BCUT2D eigenvalue weighted by molar-refractivity contribution is 7.86. The Hall–Kier alpha value is -1.39. The molecule has 0 spiro atoms. The van der Waals surface area contributed by atoms with Crippen molar-refractivity contribution in [1.29, 1.82) is 0 Å². The highest BCUT2D eigenvalue weighted by Gasteiger charge is 2.16. The first-order chi connectivity index (χ1) is 15.2. The van der Waals surface area contributed by atoms with Crippen LogP contribution in [0, 0.1) is 11.8 Å². The van der Waals surface area contributed by atoms with E-state index in [0.29, 0.717) is 5.39 Å². The maximum Gasteiger partial charge on any atom is 0.295 e. The molecule has 0 atom stereocenters. The number of hydrogen-bond donors (Lipinski definition) is 1. The van der Waals surface area contributed by atoms with Crippen molar-refractivity contribution in [2.24, 2.45) is 11.8 Å². The minimum Gasteiger partial charge on any atom is -0.282 e. The van der Waals surface area contributed by atoms with Gasteiger partial charge in [0.1, 0.15) is 4.90 Å². The standard InChI is InChI=1S/C28H44O3S/c1-22(2)13-9-5-7-11-15-24-17-19-26-27(21-24)25(18-20-28(26)32(29,30)31)16-12-8-6-10-14-23(3)4/h17-23H,5-16H2,1-4H3,(H,29,30,31). The van der Waals surface area contributed by atoms with Gasteiger partial charge in [0.25, 0.3) is 10.1 Å². The summed E-state index contributed by atoms with van der Waals surface area (Å²) < 4.78 is 33.5. The summed E-state index contributed by atoms with van der Waals surface area (Å²) in [7, 11) is -4.23. The molecule has 2 rings (SSSR count). The van der Waals surface area contributed by atoms with Crippen LogP contribution in [0.3, 0.4) is 0 Å². The van der Waals surface area contributed by atoms with Crippen LogP contribution in [0.1, 0.15) is 103 Å². The molecule has 0 radical (unpaired) electrons. The summed E-state index contributed by atoms with van der Waals surface area (Å²) in [5.41, 5.74) is 2.45. The number of aryl methyl sites for hydroxylation is 2. The predicted molar refractivity (Wildman–Crippen MR) is 137 cm³/mol. The molecule has 4 heteroatoms. The fraction of sp³-hybridized carbons (Fsp3) is 0.643. The molecule has 0 fully saturated rings. The second-order valence-corrected chi connectivity index (χ2v) is 11.7. The van der Waals surface area contributed by atoms with Gasteiger partial charge in [0, 0.05) is 5.39 Å². The molecule has 180 valence electrons. The lowest BCUT2D eigenvalue weighted by Crippen LogP contribution is -2.01. The average molecular weight is 461 g/mol. The van der Waals surface area contributed by atoms with Crippen LogP contribution in [0.4, 0.5) is 0 Å². The van der Waals surface area contributed by atoms with Crippen molar-refractivity contribution in [1.82, 2.24) is 0 Å². The molecule has 1 N–H and O–H groups in total. The van der Waals surface area contributed by atoms with E-state index in [9.17, 15) is 13.0 Å². The van der Waals surface area contributed by atoms with Crippen LogP contribution in [-0.2, 0) is 23.0 Å². The Kier molecular flexibility index (Phi) is 11.2. The molecule has 0 saturated heterocycles. The van der Waals surface area contributed by atoms with E-state index in [0.717, 1.165) is 42.9 Å². The topological polar surface area (TPSA) is 54.4 Å². The summed E-state index contributed by atoms with van der Waals surface area (Å²) in [5, 5.41) is 1.63. The number of hydrogen-bond acceptors (Lipinski definition) is 2. The van der Waals surface area contributed by atoms with Crippen LogP contribution in [0.5, 0.6) is 0 Å². The van der Waals surface area contributed by atoms with Gasteiger partial charge < -0.3 is 0 Å². The van der Waals surface area contributed by atoms with Crippen molar-refractivity contribution >= 4 is 20.9 Å². The lowest BCUT2D eigenvalue weighted by atomic mass is 9.95. The Labute approximate surface area is 196 Å². The SMILES string of the molecule is CC(C)CCCCCCc1ccc2c(S(=O)(=O)O)ccc(CCCCCCC(C)C)c2c1. The zero-order valence-corrected chi connectivity index (χ0v) is 21.5. The summed E-state index contributed by atoms with van der Waals surface area (Å²) in [4.78, 5) is 0.0217. The van der Waals surface area contributed by atoms with Crippen LogP contribution in [0.15, 0.2) is 35.2 Å². The van der Waals surface area contributed by atoms with Gasteiger partial charge in [0.2, 0.25) is 0 Å². The fourth-order valence-electron chi connectivity index (χ4n) is 4.48. The van der Waals surface area contributed by atoms with Crippen LogP contribution < -0.4 is 0 Å². The summed E-state index contributed by atoms with van der Waals surface area (Å²) in [5.74, 6) is 1.54. The first-order valence-electron chi connectivity index (χ1n) is 12.7. The molecule has 0 amide bonds. The monoisotopic (exact) mass is 460 g/mol. The van der Waals surface area contributed by atoms with Crippen molar-refractivity contribution in [3.05, 3.63) is 41.5 Å². The molecule has 2 aromatic rings. The summed E-state index contributed by atoms with van der Waals surface area (Å²) in [6.45, 7) is 9.09. The number of benzene rings is 2. The third-order valence-electron chi connectivity index (χ3n) is 6.38. The predicted octanol–water partition coefficient (Wildman–Crippen LogP) is 8.38. The molecular weight excluding hydrogens is 416 g/mol. The molecule has 3 nitrogen and oxygen atoms in total. The molecule has 0 heterocycles. The lowest BCUT2D eigenvalue weighted by Gasteiger charge is -2.12. The van der Waals surface area contributed by atoms with Crippen LogP contribution in [-0.4, -0.2) is 13.0 Å². The van der Waals surface area contributed by atoms with E-state index in [2.05, 4.69) is 33.8 Å². The van der Waals surface area contributed by atoms with E-state index in [1.54, 1.807) is 6.07 Å². The molecule has 0 aromatic heterocycles. The summed E-state index contributed by atoms with van der Waals surface area (Å²) in [6, 6.07) is 9.54. The molecule has 0 saturated carbocycles. The highest BCUT2D eigenvalue weighted by Crippen LogP contribution is 2.29. The van der Waals surface area contributed by atoms with Gasteiger partial charge in [-0.2, -0.15) is 8.42 Å². The summed E-state index contributed by atoms with van der Waals surface area (Å²) in [6.07, 6.45) is 14.4. The Morgan fingerprint density at radius 3 is 1.81 bits per heavy atom. The normalized spacial score (nSPS) is 12.3. The van der Waals surface area contributed by atoms with E-state index in [1.807, 2.05) is 18.2 Å². The number of fused-ring (bicyclic) bond motifs is 1. The van der Waals surface area contributed by atoms with Gasteiger partial charge >= 0.3 is 0 Å². The first-order valence-corrected chi connectivity index (χ1v) is 14.1. The Bertz CT molecular complexity index is 929. The number of unbranched alkanes of at least 4 members (excludes halogenated alkanes) is 6. The maximum atomic E-state index is 11.9. The minimum atomic E-state index is -4.23. The second-order valence-electron chi connectivity index (χ2n) is 10.3. The molecule has 0 aliphatic heterocycles. The van der Waals surface area contributed by atoms with Crippen molar-refractivity contribution in [2.75, 3.05) is 0 Å². The van der Waals surface area contributed by atoms with E-state index in [4.69, 9.17) is 0 Å². The quantitative estimate of drug-likeness (QED) is 0.214. The molecule has 0 bridgehead atoms. The molecule has 32 heavy (non-hydrogen) atoms. The van der Waals surface area contributed by atoms with Gasteiger partial charge in [-0.25, -0.2) is 0 Å². The fourth-order valence-corrected chi connectivity index (χ4v) is 5.18. The molecule has 0 unspecified atom stereocenters. The number of rotatable bonds is 15. The molecule has 0 aliphatic rings. The Morgan fingerprint density at radius 1 is 0.688 bits per heavy atom. The van der Waals surface area contributed by atoms with Crippen molar-refractivity contribution in [3.63, 3.8) is 0 Å². The van der Waals surface area contributed by atoms with Crippen molar-refractivity contribution in [2.45, 2.75) is 110 Å². The van der Waals surface area contributed by atoms with Gasteiger partial charge in [0.15, 0.2) is 0 Å². The molecule has 0 aliphatic carbocycles. The minimum absolute atomic E-state index is 0.0217. The van der Waals surface area contributed by atoms with E-state index in [1.165, 1.54) is 62.5 Å². The Morgan fingerprint density at radius 2 is 1.25 bits per heavy atom. The van der Waals surface area contributed by atoms with Crippen LogP contribution in [0.25, 0.3) is 10.8 Å². The molecular formula is C28H44O3S. The van der Waals surface area contributed by atoms with Gasteiger partial charge in [-0.1, -0.05) is 103 Å². The van der Waals surface area contributed by atoms with Crippen molar-refractivity contribution < 1.29 is 13.0 Å². The average Bonchev–Trinajstić information content (AvgIpc) is 2.71. The van der Waals surface area contributed by atoms with Gasteiger partial charge in [-0.15, -0.1) is 0 Å². The highest BCUT2D eigenvalue weighted by atomic mass is 32.2. The van der Waals surface area contributed by atoms with E-state index in [-0.39, 0.29) is 4.90 Å². The van der Waals surface area contributed by atoms with Gasteiger partial charge in [-0.3, -0.25) is 4.55 Å². The second kappa shape index (κ2) is 13.3. The van der Waals surface area contributed by atoms with Gasteiger partial charge in [0.05, 0.1) is 0 Å². The third-order valence-corrected chi connectivity index (χ3v) is 7.30. The zero-order chi connectivity index (χ0) is 23.6. The largest absolute Gasteiger partial charge is 0.295 e. The summed E-state index contributed by atoms with van der Waals surface area (Å²) >= 11 is 0. The maximum absolute atomic E-state index is 11.9. The van der Waals surface area contributed by atoms with E-state index < -0.39 is 10.1 Å². The van der Waals surface area contributed by atoms with Crippen LogP contribution in [0.2, 0.25) is 0 Å². The zero-order valence-electron chi connectivity index (χ0n) is 20.7. The van der Waals surface area contributed by atoms with Gasteiger partial charge in [-0.05, 0) is 60.1 Å². The third kappa shape index (κ3) is 9.23. The smallest absolute Gasteiger partial charge is 0.282 e. The Balaban J connectivity index is 2.07. The lowest BCUT2D eigenvalue weighted by molar-refractivity contribution is 0.484. The first kappa shape index (κ1) is 26.9. The van der Waals surface area contributed by atoms with E-state index >= 15 is 0 Å². The molecule has 2 aromatic carbocycles. The van der Waals surface area contributed by atoms with Crippen LogP contribution >= 0.6 is 0 Å².